The number of nitrogens with two attached hydrogens (primary N) is 1. The van der Waals surface area contributed by atoms with Crippen LogP contribution in [0.25, 0.3) is 0 Å². The van der Waals surface area contributed by atoms with Crippen molar-refractivity contribution in [2.45, 2.75) is 6.42 Å². The normalized spacial score (nSPS) is 28.6. The molecule has 4 heteroatoms. The third-order valence-corrected chi connectivity index (χ3v) is 3.84. The maximum atomic E-state index is 11.0. The first-order valence-corrected chi connectivity index (χ1v) is 5.45. The van der Waals surface area contributed by atoms with Crippen molar-refractivity contribution < 1.29 is 8.42 Å². The molecule has 0 aromatic carbocycles. The third-order valence-electron chi connectivity index (χ3n) is 2.07. The molecule has 1 fully saturated rings. The highest BCUT2D eigenvalue weighted by Crippen LogP contribution is 2.23. The molecule has 0 radical (unpaired) electrons. The van der Waals surface area contributed by atoms with Crippen LogP contribution in [0.1, 0.15) is 6.42 Å². The molecular weight excluding hydrogens is 162 g/mol. The molecule has 64 valence electrons. The summed E-state index contributed by atoms with van der Waals surface area (Å²) in [6.07, 6.45) is 0.707. The molecule has 0 aliphatic carbocycles. The highest BCUT2D eigenvalue weighted by molar-refractivity contribution is 7.91. The van der Waals surface area contributed by atoms with E-state index in [4.69, 9.17) is 5.73 Å². The lowest BCUT2D eigenvalue weighted by atomic mass is 10.0. The van der Waals surface area contributed by atoms with Gasteiger partial charge in [-0.05, 0) is 12.3 Å². The van der Waals surface area contributed by atoms with E-state index in [-0.39, 0.29) is 11.7 Å². The van der Waals surface area contributed by atoms with Crippen molar-refractivity contribution in [1.82, 2.24) is 0 Å². The first-order valence-electron chi connectivity index (χ1n) is 3.63. The molecule has 0 saturated carbocycles. The number of rotatable bonds is 2. The Balaban J connectivity index is 2.62. The summed E-state index contributed by atoms with van der Waals surface area (Å²) < 4.78 is 22.0. The van der Waals surface area contributed by atoms with Gasteiger partial charge in [-0.2, -0.15) is 0 Å². The van der Waals surface area contributed by atoms with Crippen LogP contribution in [0.4, 0.5) is 0 Å². The highest BCUT2D eigenvalue weighted by Gasteiger charge is 2.28. The second-order valence-electron chi connectivity index (χ2n) is 2.96. The standard InChI is InChI=1S/C7H13NO2S/c1-6(4-8)7-2-3-11(9,10)5-7/h7H,1-5,8H2. The number of sulfone groups is 1. The zero-order valence-electron chi connectivity index (χ0n) is 6.41. The van der Waals surface area contributed by atoms with Crippen LogP contribution >= 0.6 is 0 Å². The summed E-state index contributed by atoms with van der Waals surface area (Å²) in [6.45, 7) is 4.13. The van der Waals surface area contributed by atoms with E-state index in [2.05, 4.69) is 6.58 Å². The van der Waals surface area contributed by atoms with E-state index < -0.39 is 9.84 Å². The topological polar surface area (TPSA) is 60.2 Å². The SMILES string of the molecule is C=C(CN)C1CCS(=O)(=O)C1. The minimum Gasteiger partial charge on any atom is -0.327 e. The van der Waals surface area contributed by atoms with E-state index in [0.29, 0.717) is 18.7 Å². The molecule has 11 heavy (non-hydrogen) atoms. The van der Waals surface area contributed by atoms with Gasteiger partial charge >= 0.3 is 0 Å². The molecule has 0 aromatic heterocycles. The van der Waals surface area contributed by atoms with E-state index in [1.807, 2.05) is 0 Å². The summed E-state index contributed by atoms with van der Waals surface area (Å²) in [5.74, 6) is 0.671. The van der Waals surface area contributed by atoms with E-state index in [0.717, 1.165) is 5.57 Å². The second-order valence-corrected chi connectivity index (χ2v) is 5.19. The van der Waals surface area contributed by atoms with Gasteiger partial charge in [0.1, 0.15) is 0 Å². The third kappa shape index (κ3) is 2.04. The Morgan fingerprint density at radius 1 is 1.64 bits per heavy atom. The van der Waals surface area contributed by atoms with Crippen LogP contribution in [-0.4, -0.2) is 26.5 Å². The molecule has 1 heterocycles. The molecule has 0 amide bonds. The number of hydrogen-bond acceptors (Lipinski definition) is 3. The second kappa shape index (κ2) is 2.95. The van der Waals surface area contributed by atoms with E-state index in [1.54, 1.807) is 0 Å². The molecule has 2 N–H and O–H groups in total. The van der Waals surface area contributed by atoms with Crippen molar-refractivity contribution in [2.75, 3.05) is 18.1 Å². The molecule has 0 spiro atoms. The average Bonchev–Trinajstić information content (AvgIpc) is 2.29. The summed E-state index contributed by atoms with van der Waals surface area (Å²) in [5.41, 5.74) is 6.21. The smallest absolute Gasteiger partial charge is 0.150 e. The van der Waals surface area contributed by atoms with Crippen LogP contribution in [0.3, 0.4) is 0 Å². The lowest BCUT2D eigenvalue weighted by Crippen LogP contribution is -2.13. The molecule has 3 nitrogen and oxygen atoms in total. The van der Waals surface area contributed by atoms with E-state index in [1.165, 1.54) is 0 Å². The summed E-state index contributed by atoms with van der Waals surface area (Å²) in [7, 11) is -2.77. The molecule has 0 bridgehead atoms. The van der Waals surface area contributed by atoms with Gasteiger partial charge in [0.05, 0.1) is 11.5 Å². The van der Waals surface area contributed by atoms with Crippen molar-refractivity contribution in [3.05, 3.63) is 12.2 Å². The molecule has 1 aliphatic rings. The first kappa shape index (κ1) is 8.74. The van der Waals surface area contributed by atoms with Gasteiger partial charge in [0.2, 0.25) is 0 Å². The minimum atomic E-state index is -2.77. The van der Waals surface area contributed by atoms with Crippen LogP contribution in [0.15, 0.2) is 12.2 Å². The Morgan fingerprint density at radius 3 is 2.64 bits per heavy atom. The molecule has 1 aliphatic heterocycles. The maximum absolute atomic E-state index is 11.0. The molecule has 1 saturated heterocycles. The van der Waals surface area contributed by atoms with Gasteiger partial charge in [0.25, 0.3) is 0 Å². The van der Waals surface area contributed by atoms with Gasteiger partial charge < -0.3 is 5.73 Å². The summed E-state index contributed by atoms with van der Waals surface area (Å²) >= 11 is 0. The summed E-state index contributed by atoms with van der Waals surface area (Å²) in [4.78, 5) is 0. The van der Waals surface area contributed by atoms with Crippen LogP contribution in [0.5, 0.6) is 0 Å². The Bertz CT molecular complexity index is 256. The fourth-order valence-electron chi connectivity index (χ4n) is 1.28. The van der Waals surface area contributed by atoms with Gasteiger partial charge in [-0.15, -0.1) is 0 Å². The van der Waals surface area contributed by atoms with Gasteiger partial charge in [-0.3, -0.25) is 0 Å². The van der Waals surface area contributed by atoms with E-state index >= 15 is 0 Å². The Morgan fingerprint density at radius 2 is 2.27 bits per heavy atom. The van der Waals surface area contributed by atoms with Crippen molar-refractivity contribution in [1.29, 1.82) is 0 Å². The van der Waals surface area contributed by atoms with E-state index in [9.17, 15) is 8.42 Å². The van der Waals surface area contributed by atoms with Crippen molar-refractivity contribution in [3.8, 4) is 0 Å². The summed E-state index contributed by atoms with van der Waals surface area (Å²) in [6, 6.07) is 0. The van der Waals surface area contributed by atoms with Gasteiger partial charge in [-0.1, -0.05) is 12.2 Å². The molecular formula is C7H13NO2S. The van der Waals surface area contributed by atoms with Crippen LogP contribution in [0.2, 0.25) is 0 Å². The lowest BCUT2D eigenvalue weighted by molar-refractivity contribution is 0.600. The van der Waals surface area contributed by atoms with Crippen LogP contribution < -0.4 is 5.73 Å². The fourth-order valence-corrected chi connectivity index (χ4v) is 3.11. The predicted octanol–water partition coefficient (Wildman–Crippen LogP) is -0.0640. The van der Waals surface area contributed by atoms with Crippen molar-refractivity contribution in [2.24, 2.45) is 11.7 Å². The highest BCUT2D eigenvalue weighted by atomic mass is 32.2. The Kier molecular flexibility index (Phi) is 2.34. The average molecular weight is 175 g/mol. The van der Waals surface area contributed by atoms with Gasteiger partial charge in [0, 0.05) is 6.54 Å². The van der Waals surface area contributed by atoms with Crippen LogP contribution in [-0.2, 0) is 9.84 Å². The maximum Gasteiger partial charge on any atom is 0.150 e. The molecule has 0 aromatic rings. The zero-order chi connectivity index (χ0) is 8.48. The monoisotopic (exact) mass is 175 g/mol. The first-order chi connectivity index (χ1) is 5.05. The fraction of sp³-hybridized carbons (Fsp3) is 0.714. The molecule has 1 rings (SSSR count). The summed E-state index contributed by atoms with van der Waals surface area (Å²) in [5, 5.41) is 0. The van der Waals surface area contributed by atoms with Gasteiger partial charge in [-0.25, -0.2) is 8.42 Å². The zero-order valence-corrected chi connectivity index (χ0v) is 7.23. The lowest BCUT2D eigenvalue weighted by Gasteiger charge is -2.07. The largest absolute Gasteiger partial charge is 0.327 e. The van der Waals surface area contributed by atoms with Crippen molar-refractivity contribution >= 4 is 9.84 Å². The van der Waals surface area contributed by atoms with Crippen LogP contribution in [0, 0.1) is 5.92 Å². The Hall–Kier alpha value is -0.350. The van der Waals surface area contributed by atoms with Gasteiger partial charge in [0.15, 0.2) is 9.84 Å². The Labute approximate surface area is 67.2 Å². The quantitative estimate of drug-likeness (QED) is 0.598. The van der Waals surface area contributed by atoms with Crippen molar-refractivity contribution in [3.63, 3.8) is 0 Å². The molecule has 1 unspecified atom stereocenters. The predicted molar refractivity (Wildman–Crippen MR) is 45.0 cm³/mol. The minimum absolute atomic E-state index is 0.116. The number of hydrogen-bond donors (Lipinski definition) is 1. The molecule has 1 atom stereocenters.